The van der Waals surface area contributed by atoms with E-state index in [4.69, 9.17) is 14.2 Å². The molecule has 0 aliphatic heterocycles. The Hall–Kier alpha value is -3.15. The maximum atomic E-state index is 12.9. The second-order valence-electron chi connectivity index (χ2n) is 20.6. The molecule has 0 aliphatic carbocycles. The van der Waals surface area contributed by atoms with Crippen molar-refractivity contribution in [3.63, 3.8) is 0 Å². The lowest BCUT2D eigenvalue weighted by molar-refractivity contribution is -0.167. The Bertz CT molecular complexity index is 1340. The Morgan fingerprint density at radius 2 is 0.500 bits per heavy atom. The number of hydrogen-bond acceptors (Lipinski definition) is 6. The second-order valence-corrected chi connectivity index (χ2v) is 20.6. The zero-order valence-corrected chi connectivity index (χ0v) is 47.7. The highest BCUT2D eigenvalue weighted by Crippen LogP contribution is 2.15. The van der Waals surface area contributed by atoms with Crippen LogP contribution < -0.4 is 0 Å². The van der Waals surface area contributed by atoms with Gasteiger partial charge in [-0.25, -0.2) is 0 Å². The molecule has 0 N–H and O–H groups in total. The van der Waals surface area contributed by atoms with Gasteiger partial charge < -0.3 is 14.2 Å². The van der Waals surface area contributed by atoms with Crippen LogP contribution in [-0.2, 0) is 28.6 Å². The molecule has 6 nitrogen and oxygen atoms in total. The lowest BCUT2D eigenvalue weighted by Crippen LogP contribution is -2.30. The first-order chi connectivity index (χ1) is 35.5. The molecule has 72 heavy (non-hydrogen) atoms. The average Bonchev–Trinajstić information content (AvgIpc) is 3.38. The fourth-order valence-electron chi connectivity index (χ4n) is 8.71. The first-order valence-electron chi connectivity index (χ1n) is 30.9. The minimum absolute atomic E-state index is 0.0849. The predicted molar refractivity (Wildman–Crippen MR) is 311 cm³/mol. The standard InChI is InChI=1S/C66H116O6/c1-4-7-10-13-16-19-22-25-28-30-32-33-35-36-38-41-44-47-50-53-56-59-65(68)71-62-63(61-70-64(67)58-55-52-49-46-43-40-27-24-21-18-15-12-9-6-3)72-66(69)60-57-54-51-48-45-42-39-37-34-31-29-26-23-20-17-14-11-8-5-2/h17,20,22,24-27,29-30,32,35-36,63H,4-16,18-19,21,23,28,31,33-34,37-62H2,1-3H3/b20-17-,25-22-,27-24-,29-26-,32-30-,36-35-. The molecular weight excluding hydrogens is 889 g/mol. The third-order valence-electron chi connectivity index (χ3n) is 13.4. The molecule has 0 aromatic rings. The summed E-state index contributed by atoms with van der Waals surface area (Å²) in [4.78, 5) is 38.3. The van der Waals surface area contributed by atoms with Gasteiger partial charge in [-0.15, -0.1) is 0 Å². The predicted octanol–water partition coefficient (Wildman–Crippen LogP) is 20.9. The van der Waals surface area contributed by atoms with Gasteiger partial charge in [0.05, 0.1) is 0 Å². The van der Waals surface area contributed by atoms with Crippen molar-refractivity contribution >= 4 is 17.9 Å². The van der Waals surface area contributed by atoms with Crippen molar-refractivity contribution in [2.45, 2.75) is 316 Å². The van der Waals surface area contributed by atoms with E-state index < -0.39 is 6.10 Å². The molecule has 0 aromatic heterocycles. The molecule has 0 bridgehead atoms. The highest BCUT2D eigenvalue weighted by molar-refractivity contribution is 5.71. The fraction of sp³-hybridized carbons (Fsp3) is 0.773. The summed E-state index contributed by atoms with van der Waals surface area (Å²) in [6.07, 6.45) is 77.5. The topological polar surface area (TPSA) is 78.9 Å². The third-order valence-corrected chi connectivity index (χ3v) is 13.4. The quantitative estimate of drug-likeness (QED) is 0.0261. The molecule has 0 radical (unpaired) electrons. The van der Waals surface area contributed by atoms with E-state index in [0.29, 0.717) is 19.3 Å². The molecular formula is C66H116O6. The first kappa shape index (κ1) is 68.8. The van der Waals surface area contributed by atoms with Gasteiger partial charge in [0.1, 0.15) is 13.2 Å². The number of ether oxygens (including phenoxy) is 3. The van der Waals surface area contributed by atoms with Crippen molar-refractivity contribution in [2.24, 2.45) is 0 Å². The maximum Gasteiger partial charge on any atom is 0.306 e. The molecule has 0 fully saturated rings. The van der Waals surface area contributed by atoms with E-state index in [1.54, 1.807) is 0 Å². The molecule has 0 aromatic carbocycles. The molecule has 0 saturated carbocycles. The van der Waals surface area contributed by atoms with Crippen molar-refractivity contribution in [3.8, 4) is 0 Å². The molecule has 1 unspecified atom stereocenters. The van der Waals surface area contributed by atoms with E-state index in [0.717, 1.165) is 89.9 Å². The van der Waals surface area contributed by atoms with E-state index >= 15 is 0 Å². The summed E-state index contributed by atoms with van der Waals surface area (Å²) in [6, 6.07) is 0. The number of hydrogen-bond donors (Lipinski definition) is 0. The zero-order chi connectivity index (χ0) is 52.2. The second kappa shape index (κ2) is 60.4. The maximum absolute atomic E-state index is 12.9. The largest absolute Gasteiger partial charge is 0.462 e. The third kappa shape index (κ3) is 57.7. The molecule has 1 atom stereocenters. The summed E-state index contributed by atoms with van der Waals surface area (Å²) in [7, 11) is 0. The minimum Gasteiger partial charge on any atom is -0.462 e. The van der Waals surface area contributed by atoms with Crippen LogP contribution in [0.15, 0.2) is 72.9 Å². The van der Waals surface area contributed by atoms with Gasteiger partial charge in [-0.3, -0.25) is 14.4 Å². The number of unbranched alkanes of at least 4 members (excludes halogenated alkanes) is 33. The van der Waals surface area contributed by atoms with Crippen molar-refractivity contribution in [1.29, 1.82) is 0 Å². The minimum atomic E-state index is -0.788. The Kier molecular flexibility index (Phi) is 57.8. The number of allylic oxidation sites excluding steroid dienone is 12. The summed E-state index contributed by atoms with van der Waals surface area (Å²) in [5.41, 5.74) is 0. The van der Waals surface area contributed by atoms with Gasteiger partial charge in [0.2, 0.25) is 0 Å². The van der Waals surface area contributed by atoms with Crippen LogP contribution >= 0.6 is 0 Å². The van der Waals surface area contributed by atoms with Crippen molar-refractivity contribution in [3.05, 3.63) is 72.9 Å². The van der Waals surface area contributed by atoms with Gasteiger partial charge in [-0.2, -0.15) is 0 Å². The smallest absolute Gasteiger partial charge is 0.306 e. The number of rotatable bonds is 56. The van der Waals surface area contributed by atoms with Gasteiger partial charge in [-0.05, 0) is 116 Å². The first-order valence-corrected chi connectivity index (χ1v) is 30.9. The van der Waals surface area contributed by atoms with Gasteiger partial charge in [0, 0.05) is 19.3 Å². The van der Waals surface area contributed by atoms with Gasteiger partial charge >= 0.3 is 17.9 Å². The Labute approximate surface area is 446 Å². The van der Waals surface area contributed by atoms with E-state index in [9.17, 15) is 14.4 Å². The van der Waals surface area contributed by atoms with Gasteiger partial charge in [0.15, 0.2) is 6.10 Å². The van der Waals surface area contributed by atoms with Crippen molar-refractivity contribution in [1.82, 2.24) is 0 Å². The van der Waals surface area contributed by atoms with Crippen LogP contribution in [0, 0.1) is 0 Å². The summed E-state index contributed by atoms with van der Waals surface area (Å²) in [6.45, 7) is 6.60. The van der Waals surface area contributed by atoms with Crippen LogP contribution in [0.4, 0.5) is 0 Å². The lowest BCUT2D eigenvalue weighted by atomic mass is 10.1. The zero-order valence-electron chi connectivity index (χ0n) is 47.7. The van der Waals surface area contributed by atoms with Crippen LogP contribution in [-0.4, -0.2) is 37.2 Å². The van der Waals surface area contributed by atoms with E-state index in [1.807, 2.05) is 0 Å². The van der Waals surface area contributed by atoms with Crippen LogP contribution in [0.3, 0.4) is 0 Å². The van der Waals surface area contributed by atoms with E-state index in [2.05, 4.69) is 93.7 Å². The molecule has 0 rings (SSSR count). The summed E-state index contributed by atoms with van der Waals surface area (Å²) in [5, 5.41) is 0. The van der Waals surface area contributed by atoms with E-state index in [1.165, 1.54) is 180 Å². The molecule has 0 aliphatic rings. The van der Waals surface area contributed by atoms with E-state index in [-0.39, 0.29) is 31.1 Å². The van der Waals surface area contributed by atoms with Gasteiger partial charge in [0.25, 0.3) is 0 Å². The van der Waals surface area contributed by atoms with Gasteiger partial charge in [-0.1, -0.05) is 248 Å². The Morgan fingerprint density at radius 1 is 0.278 bits per heavy atom. The lowest BCUT2D eigenvalue weighted by Gasteiger charge is -2.18. The monoisotopic (exact) mass is 1000 g/mol. The molecule has 0 amide bonds. The summed E-state index contributed by atoms with van der Waals surface area (Å²) in [5.74, 6) is -0.898. The molecule has 6 heteroatoms. The highest BCUT2D eigenvalue weighted by atomic mass is 16.6. The number of carbonyl (C=O) groups excluding carboxylic acids is 3. The Balaban J connectivity index is 4.39. The van der Waals surface area contributed by atoms with Crippen LogP contribution in [0.5, 0.6) is 0 Å². The van der Waals surface area contributed by atoms with Crippen LogP contribution in [0.2, 0.25) is 0 Å². The summed E-state index contributed by atoms with van der Waals surface area (Å²) < 4.78 is 16.9. The fourth-order valence-corrected chi connectivity index (χ4v) is 8.71. The number of esters is 3. The highest BCUT2D eigenvalue weighted by Gasteiger charge is 2.19. The van der Waals surface area contributed by atoms with Crippen LogP contribution in [0.1, 0.15) is 310 Å². The molecule has 0 spiro atoms. The molecule has 416 valence electrons. The molecule has 0 heterocycles. The van der Waals surface area contributed by atoms with Crippen LogP contribution in [0.25, 0.3) is 0 Å². The average molecular weight is 1010 g/mol. The normalized spacial score (nSPS) is 12.5. The molecule has 0 saturated heterocycles. The number of carbonyl (C=O) groups is 3. The summed E-state index contributed by atoms with van der Waals surface area (Å²) >= 11 is 0. The van der Waals surface area contributed by atoms with Crippen molar-refractivity contribution < 1.29 is 28.6 Å². The SMILES string of the molecule is CCCCC/C=C\C/C=C\CCCCCCCCCCCC(=O)OC(COC(=O)CCCCCCC/C=C\CCCCCCC)COC(=O)CCCCCCCC/C=C\C/C=C\C/C=C\CCCCCCC. The Morgan fingerprint density at radius 3 is 0.819 bits per heavy atom. The van der Waals surface area contributed by atoms with Crippen molar-refractivity contribution in [2.75, 3.05) is 13.2 Å².